The highest BCUT2D eigenvalue weighted by molar-refractivity contribution is 5.72. The van der Waals surface area contributed by atoms with Crippen molar-refractivity contribution in [3.8, 4) is 0 Å². The average Bonchev–Trinajstić information content (AvgIpc) is 2.87. The van der Waals surface area contributed by atoms with Gasteiger partial charge < -0.3 is 16.0 Å². The highest BCUT2D eigenvalue weighted by atomic mass is 16.2. The lowest BCUT2D eigenvalue weighted by molar-refractivity contribution is 0.705. The van der Waals surface area contributed by atoms with E-state index in [2.05, 4.69) is 15.3 Å². The van der Waals surface area contributed by atoms with Crippen LogP contribution in [0.1, 0.15) is 19.3 Å². The lowest BCUT2D eigenvalue weighted by atomic mass is 10.2. The summed E-state index contributed by atoms with van der Waals surface area (Å²) in [6, 6.07) is 0. The van der Waals surface area contributed by atoms with Gasteiger partial charge in [0.2, 0.25) is 5.95 Å². The normalized spacial score (nSPS) is 11.2. The van der Waals surface area contributed by atoms with Crippen molar-refractivity contribution in [3.05, 3.63) is 20.8 Å². The van der Waals surface area contributed by atoms with Gasteiger partial charge in [-0.3, -0.25) is 13.9 Å². The Morgan fingerprint density at radius 1 is 1.20 bits per heavy atom. The molecule has 0 aliphatic carbocycles. The Hall–Kier alpha value is -2.09. The summed E-state index contributed by atoms with van der Waals surface area (Å²) in [5.74, 6) is 0.506. The highest BCUT2D eigenvalue weighted by Crippen LogP contribution is 2.08. The van der Waals surface area contributed by atoms with Gasteiger partial charge in [0.15, 0.2) is 11.2 Å². The van der Waals surface area contributed by atoms with Crippen molar-refractivity contribution in [2.45, 2.75) is 19.3 Å². The molecule has 2 heterocycles. The van der Waals surface area contributed by atoms with Crippen LogP contribution in [0, 0.1) is 0 Å². The van der Waals surface area contributed by atoms with Crippen molar-refractivity contribution in [2.24, 2.45) is 19.8 Å². The average molecular weight is 280 g/mol. The molecule has 0 saturated carbocycles. The molecule has 0 bridgehead atoms. The fraction of sp³-hybridized carbons (Fsp3) is 0.583. The van der Waals surface area contributed by atoms with E-state index in [-0.39, 0.29) is 11.2 Å². The lowest BCUT2D eigenvalue weighted by Gasteiger charge is -2.01. The van der Waals surface area contributed by atoms with E-state index < -0.39 is 0 Å². The zero-order chi connectivity index (χ0) is 14.7. The van der Waals surface area contributed by atoms with Crippen LogP contribution in [-0.2, 0) is 14.1 Å². The molecule has 2 aromatic rings. The third-order valence-electron chi connectivity index (χ3n) is 3.27. The maximum absolute atomic E-state index is 12.0. The molecule has 2 aromatic heterocycles. The molecule has 110 valence electrons. The van der Waals surface area contributed by atoms with Crippen molar-refractivity contribution in [1.82, 2.24) is 19.1 Å². The summed E-state index contributed by atoms with van der Waals surface area (Å²) >= 11 is 0. The summed E-state index contributed by atoms with van der Waals surface area (Å²) < 4.78 is 2.42. The first-order valence-corrected chi connectivity index (χ1v) is 6.66. The summed E-state index contributed by atoms with van der Waals surface area (Å²) in [6.07, 6.45) is 3.02. The van der Waals surface area contributed by atoms with Crippen LogP contribution in [-0.4, -0.2) is 32.2 Å². The Morgan fingerprint density at radius 3 is 2.65 bits per heavy atom. The second-order valence-corrected chi connectivity index (χ2v) is 4.77. The molecule has 0 atom stereocenters. The van der Waals surface area contributed by atoms with Crippen LogP contribution >= 0.6 is 0 Å². The zero-order valence-corrected chi connectivity index (χ0v) is 11.8. The van der Waals surface area contributed by atoms with E-state index in [1.165, 1.54) is 11.6 Å². The maximum atomic E-state index is 12.0. The predicted octanol–water partition coefficient (Wildman–Crippen LogP) is -0.499. The van der Waals surface area contributed by atoms with Crippen LogP contribution in [0.3, 0.4) is 0 Å². The summed E-state index contributed by atoms with van der Waals surface area (Å²) in [7, 11) is 3.04. The molecule has 20 heavy (non-hydrogen) atoms. The van der Waals surface area contributed by atoms with Gasteiger partial charge in [0.05, 0.1) is 0 Å². The molecule has 0 spiro atoms. The molecule has 0 aliphatic rings. The number of nitrogens with zero attached hydrogens (tertiary/aromatic N) is 3. The van der Waals surface area contributed by atoms with Crippen LogP contribution in [0.2, 0.25) is 0 Å². The fourth-order valence-corrected chi connectivity index (χ4v) is 2.06. The molecule has 0 fully saturated rings. The van der Waals surface area contributed by atoms with Crippen molar-refractivity contribution >= 4 is 17.1 Å². The Balaban J connectivity index is 2.22. The Morgan fingerprint density at radius 2 is 1.95 bits per heavy atom. The standard InChI is InChI=1S/C12H20N6O2/c1-17-9-8(10(19)18(2)12(17)20)15-11(16-9)14-7-5-3-4-6-13/h3-7,13H2,1-2H3,(H2,14,15,16). The van der Waals surface area contributed by atoms with Crippen molar-refractivity contribution < 1.29 is 0 Å². The van der Waals surface area contributed by atoms with Gasteiger partial charge in [0.25, 0.3) is 5.56 Å². The molecular weight excluding hydrogens is 260 g/mol. The molecule has 0 unspecified atom stereocenters. The molecule has 8 heteroatoms. The number of fused-ring (bicyclic) bond motifs is 1. The number of nitrogens with two attached hydrogens (primary N) is 1. The second kappa shape index (κ2) is 5.91. The number of rotatable bonds is 6. The number of H-pyrrole nitrogens is 1. The molecule has 0 amide bonds. The van der Waals surface area contributed by atoms with E-state index in [9.17, 15) is 9.59 Å². The molecule has 8 nitrogen and oxygen atoms in total. The van der Waals surface area contributed by atoms with Gasteiger partial charge in [-0.15, -0.1) is 0 Å². The van der Waals surface area contributed by atoms with Crippen molar-refractivity contribution in [3.63, 3.8) is 0 Å². The predicted molar refractivity (Wildman–Crippen MR) is 78.0 cm³/mol. The molecule has 0 saturated heterocycles. The van der Waals surface area contributed by atoms with E-state index in [0.29, 0.717) is 23.7 Å². The van der Waals surface area contributed by atoms with Crippen LogP contribution in [0.4, 0.5) is 5.95 Å². The van der Waals surface area contributed by atoms with Crippen LogP contribution < -0.4 is 22.3 Å². The van der Waals surface area contributed by atoms with E-state index in [1.807, 2.05) is 0 Å². The summed E-state index contributed by atoms with van der Waals surface area (Å²) in [5, 5.41) is 3.12. The minimum absolute atomic E-state index is 0.332. The minimum atomic E-state index is -0.386. The topological polar surface area (TPSA) is 111 Å². The molecule has 0 aromatic carbocycles. The number of aryl methyl sites for hydroxylation is 1. The number of aromatic amines is 1. The molecule has 2 rings (SSSR count). The van der Waals surface area contributed by atoms with Gasteiger partial charge in [-0.1, -0.05) is 6.42 Å². The maximum Gasteiger partial charge on any atom is 0.332 e. The molecule has 0 aliphatic heterocycles. The van der Waals surface area contributed by atoms with Crippen LogP contribution in [0.15, 0.2) is 9.59 Å². The summed E-state index contributed by atoms with van der Waals surface area (Å²) in [6.45, 7) is 1.44. The van der Waals surface area contributed by atoms with E-state index in [0.717, 1.165) is 30.4 Å². The first-order valence-electron chi connectivity index (χ1n) is 6.66. The lowest BCUT2D eigenvalue weighted by Crippen LogP contribution is -2.36. The summed E-state index contributed by atoms with van der Waals surface area (Å²) in [5.41, 5.74) is 5.37. The van der Waals surface area contributed by atoms with E-state index in [1.54, 1.807) is 7.05 Å². The Labute approximate surface area is 115 Å². The van der Waals surface area contributed by atoms with Gasteiger partial charge in [-0.25, -0.2) is 4.79 Å². The first-order chi connectivity index (χ1) is 9.56. The minimum Gasteiger partial charge on any atom is -0.356 e. The third kappa shape index (κ3) is 2.60. The number of hydrogen-bond donors (Lipinski definition) is 3. The Kier molecular flexibility index (Phi) is 4.23. The van der Waals surface area contributed by atoms with E-state index in [4.69, 9.17) is 5.73 Å². The quantitative estimate of drug-likeness (QED) is 0.618. The number of aromatic nitrogens is 4. The van der Waals surface area contributed by atoms with Gasteiger partial charge in [-0.05, 0) is 19.4 Å². The smallest absolute Gasteiger partial charge is 0.332 e. The van der Waals surface area contributed by atoms with Gasteiger partial charge in [0.1, 0.15) is 0 Å². The fourth-order valence-electron chi connectivity index (χ4n) is 2.06. The third-order valence-corrected chi connectivity index (χ3v) is 3.27. The van der Waals surface area contributed by atoms with Crippen LogP contribution in [0.5, 0.6) is 0 Å². The van der Waals surface area contributed by atoms with Crippen molar-refractivity contribution in [1.29, 1.82) is 0 Å². The number of anilines is 1. The molecular formula is C12H20N6O2. The van der Waals surface area contributed by atoms with Crippen molar-refractivity contribution in [2.75, 3.05) is 18.4 Å². The van der Waals surface area contributed by atoms with Gasteiger partial charge >= 0.3 is 5.69 Å². The van der Waals surface area contributed by atoms with Crippen LogP contribution in [0.25, 0.3) is 11.2 Å². The van der Waals surface area contributed by atoms with Gasteiger partial charge in [-0.2, -0.15) is 4.98 Å². The molecule has 4 N–H and O–H groups in total. The SMILES string of the molecule is Cn1c(=O)c2[nH]c(NCCCCCN)nc2n(C)c1=O. The molecule has 0 radical (unpaired) electrons. The highest BCUT2D eigenvalue weighted by Gasteiger charge is 2.12. The second-order valence-electron chi connectivity index (χ2n) is 4.77. The summed E-state index contributed by atoms with van der Waals surface area (Å²) in [4.78, 5) is 30.9. The monoisotopic (exact) mass is 280 g/mol. The number of imidazole rings is 1. The number of unbranched alkanes of at least 4 members (excludes halogenated alkanes) is 2. The number of nitrogens with one attached hydrogen (secondary N) is 2. The van der Waals surface area contributed by atoms with Gasteiger partial charge in [0, 0.05) is 20.6 Å². The first kappa shape index (κ1) is 14.3. The number of hydrogen-bond acceptors (Lipinski definition) is 5. The zero-order valence-electron chi connectivity index (χ0n) is 11.8. The van der Waals surface area contributed by atoms with E-state index >= 15 is 0 Å². The largest absolute Gasteiger partial charge is 0.356 e. The Bertz CT molecular complexity index is 711.